The first kappa shape index (κ1) is 15.6. The first-order valence-electron chi connectivity index (χ1n) is 7.35. The molecule has 2 rings (SSSR count). The number of rotatable bonds is 4. The van der Waals surface area contributed by atoms with Crippen molar-refractivity contribution in [1.29, 1.82) is 0 Å². The predicted molar refractivity (Wildman–Crippen MR) is 80.5 cm³/mol. The number of aliphatic hydroxyl groups is 1. The van der Waals surface area contributed by atoms with Gasteiger partial charge in [0.2, 0.25) is 5.91 Å². The van der Waals surface area contributed by atoms with Gasteiger partial charge >= 0.3 is 0 Å². The molecule has 0 aromatic heterocycles. The third kappa shape index (κ3) is 5.22. The van der Waals surface area contributed by atoms with Gasteiger partial charge in [0, 0.05) is 18.7 Å². The lowest BCUT2D eigenvalue weighted by Gasteiger charge is -2.22. The highest BCUT2D eigenvalue weighted by Gasteiger charge is 2.17. The average molecular weight is 287 g/mol. The summed E-state index contributed by atoms with van der Waals surface area (Å²) in [7, 11) is 0. The molecule has 1 aromatic rings. The molecule has 1 fully saturated rings. The minimum atomic E-state index is -0.167. The van der Waals surface area contributed by atoms with Crippen LogP contribution in [0.15, 0.2) is 24.3 Å². The van der Waals surface area contributed by atoms with Crippen molar-refractivity contribution in [3.63, 3.8) is 0 Å². The molecule has 112 valence electrons. The maximum Gasteiger partial charge on any atom is 0.222 e. The van der Waals surface area contributed by atoms with E-state index in [2.05, 4.69) is 17.2 Å². The number of benzene rings is 1. The molecule has 0 saturated carbocycles. The summed E-state index contributed by atoms with van der Waals surface area (Å²) >= 11 is 0. The Hall–Kier alpha value is -1.83. The highest BCUT2D eigenvalue weighted by molar-refractivity contribution is 5.76. The minimum Gasteiger partial charge on any atom is -0.384 e. The molecule has 1 atom stereocenters. The Bertz CT molecular complexity index is 524. The Balaban J connectivity index is 1.86. The van der Waals surface area contributed by atoms with Crippen molar-refractivity contribution in [2.75, 3.05) is 13.2 Å². The summed E-state index contributed by atoms with van der Waals surface area (Å²) in [6.07, 6.45) is 3.67. The van der Waals surface area contributed by atoms with Crippen molar-refractivity contribution >= 4 is 5.91 Å². The molecule has 1 aliphatic heterocycles. The standard InChI is InChI=1S/C17H21NO3/c19-10-5-8-14-6-1-2-7-15(14)13-18-17(20)12-16-9-3-4-11-21-16/h1-2,6-7,16,19H,3-4,9-13H2,(H,18,20). The number of ether oxygens (including phenoxy) is 1. The molecule has 0 bridgehead atoms. The lowest BCUT2D eigenvalue weighted by atomic mass is 10.1. The molecular weight excluding hydrogens is 266 g/mol. The van der Waals surface area contributed by atoms with Gasteiger partial charge in [0.25, 0.3) is 0 Å². The molecule has 1 unspecified atom stereocenters. The third-order valence-corrected chi connectivity index (χ3v) is 3.48. The van der Waals surface area contributed by atoms with Crippen molar-refractivity contribution in [2.45, 2.75) is 38.3 Å². The summed E-state index contributed by atoms with van der Waals surface area (Å²) in [5, 5.41) is 11.7. The molecule has 21 heavy (non-hydrogen) atoms. The number of carbonyl (C=O) groups is 1. The van der Waals surface area contributed by atoms with E-state index in [1.807, 2.05) is 24.3 Å². The zero-order chi connectivity index (χ0) is 14.9. The molecule has 1 amide bonds. The van der Waals surface area contributed by atoms with Crippen LogP contribution in [0.2, 0.25) is 0 Å². The van der Waals surface area contributed by atoms with Crippen LogP contribution in [0.5, 0.6) is 0 Å². The predicted octanol–water partition coefficient (Wildman–Crippen LogP) is 1.61. The lowest BCUT2D eigenvalue weighted by molar-refractivity contribution is -0.125. The van der Waals surface area contributed by atoms with Crippen LogP contribution in [0.3, 0.4) is 0 Å². The number of aliphatic hydroxyl groups excluding tert-OH is 1. The van der Waals surface area contributed by atoms with Crippen molar-refractivity contribution in [2.24, 2.45) is 0 Å². The van der Waals surface area contributed by atoms with Gasteiger partial charge in [0.05, 0.1) is 12.5 Å². The van der Waals surface area contributed by atoms with Gasteiger partial charge in [0.15, 0.2) is 0 Å². The monoisotopic (exact) mass is 287 g/mol. The van der Waals surface area contributed by atoms with Gasteiger partial charge in [-0.2, -0.15) is 0 Å². The normalized spacial score (nSPS) is 17.7. The van der Waals surface area contributed by atoms with Gasteiger partial charge in [-0.05, 0) is 30.9 Å². The van der Waals surface area contributed by atoms with Crippen molar-refractivity contribution in [1.82, 2.24) is 5.32 Å². The van der Waals surface area contributed by atoms with E-state index in [0.717, 1.165) is 37.0 Å². The molecule has 1 aliphatic rings. The fourth-order valence-corrected chi connectivity index (χ4v) is 2.37. The first-order chi connectivity index (χ1) is 10.3. The van der Waals surface area contributed by atoms with Crippen LogP contribution in [0.4, 0.5) is 0 Å². The average Bonchev–Trinajstić information content (AvgIpc) is 2.52. The second kappa shape index (κ2) is 8.46. The number of hydrogen-bond acceptors (Lipinski definition) is 3. The Kier molecular flexibility index (Phi) is 6.26. The Morgan fingerprint density at radius 3 is 3.00 bits per heavy atom. The van der Waals surface area contributed by atoms with Crippen molar-refractivity contribution in [3.05, 3.63) is 35.4 Å². The van der Waals surface area contributed by atoms with E-state index < -0.39 is 0 Å². The van der Waals surface area contributed by atoms with E-state index in [9.17, 15) is 4.79 Å². The SMILES string of the molecule is O=C(CC1CCCCO1)NCc1ccccc1C#CCO. The summed E-state index contributed by atoms with van der Waals surface area (Å²) in [5.41, 5.74) is 1.79. The minimum absolute atomic E-state index is 0.00632. The van der Waals surface area contributed by atoms with Gasteiger partial charge in [-0.3, -0.25) is 4.79 Å². The fourth-order valence-electron chi connectivity index (χ4n) is 2.37. The van der Waals surface area contributed by atoms with Crippen LogP contribution in [0.1, 0.15) is 36.8 Å². The molecule has 1 saturated heterocycles. The molecule has 1 aromatic carbocycles. The Morgan fingerprint density at radius 1 is 1.38 bits per heavy atom. The quantitative estimate of drug-likeness (QED) is 0.827. The van der Waals surface area contributed by atoms with Crippen molar-refractivity contribution < 1.29 is 14.6 Å². The summed E-state index contributed by atoms with van der Waals surface area (Å²) < 4.78 is 5.57. The molecular formula is C17H21NO3. The molecule has 4 heteroatoms. The summed E-state index contributed by atoms with van der Waals surface area (Å²) in [5.74, 6) is 5.53. The summed E-state index contributed by atoms with van der Waals surface area (Å²) in [6.45, 7) is 1.04. The van der Waals surface area contributed by atoms with Crippen LogP contribution < -0.4 is 5.32 Å². The number of hydrogen-bond donors (Lipinski definition) is 2. The van der Waals surface area contributed by atoms with Crippen molar-refractivity contribution in [3.8, 4) is 11.8 Å². The van der Waals surface area contributed by atoms with Gasteiger partial charge < -0.3 is 15.2 Å². The smallest absolute Gasteiger partial charge is 0.222 e. The first-order valence-corrected chi connectivity index (χ1v) is 7.35. The second-order valence-electron chi connectivity index (χ2n) is 5.09. The van der Waals surface area contributed by atoms with E-state index in [1.165, 1.54) is 0 Å². The number of nitrogens with one attached hydrogen (secondary N) is 1. The molecule has 0 spiro atoms. The number of carbonyl (C=O) groups excluding carboxylic acids is 1. The van der Waals surface area contributed by atoms with E-state index in [1.54, 1.807) is 0 Å². The molecule has 0 radical (unpaired) electrons. The van der Waals surface area contributed by atoms with Gasteiger partial charge in [-0.25, -0.2) is 0 Å². The van der Waals surface area contributed by atoms with Gasteiger partial charge in [-0.1, -0.05) is 30.0 Å². The van der Waals surface area contributed by atoms with E-state index in [4.69, 9.17) is 9.84 Å². The molecule has 2 N–H and O–H groups in total. The van der Waals surface area contributed by atoms with Crippen LogP contribution in [-0.4, -0.2) is 30.3 Å². The van der Waals surface area contributed by atoms with Crippen LogP contribution >= 0.6 is 0 Å². The zero-order valence-electron chi connectivity index (χ0n) is 12.1. The van der Waals surface area contributed by atoms with Crippen LogP contribution in [-0.2, 0) is 16.1 Å². The third-order valence-electron chi connectivity index (χ3n) is 3.48. The largest absolute Gasteiger partial charge is 0.384 e. The van der Waals surface area contributed by atoms with Crippen LogP contribution in [0, 0.1) is 11.8 Å². The topological polar surface area (TPSA) is 58.6 Å². The lowest BCUT2D eigenvalue weighted by Crippen LogP contribution is -2.30. The molecule has 4 nitrogen and oxygen atoms in total. The fraction of sp³-hybridized carbons (Fsp3) is 0.471. The number of amides is 1. The maximum atomic E-state index is 11.9. The second-order valence-corrected chi connectivity index (χ2v) is 5.09. The van der Waals surface area contributed by atoms with E-state index in [-0.39, 0.29) is 18.6 Å². The van der Waals surface area contributed by atoms with Gasteiger partial charge in [-0.15, -0.1) is 0 Å². The molecule has 1 heterocycles. The van der Waals surface area contributed by atoms with Crippen LogP contribution in [0.25, 0.3) is 0 Å². The molecule has 0 aliphatic carbocycles. The zero-order valence-corrected chi connectivity index (χ0v) is 12.1. The van der Waals surface area contributed by atoms with E-state index >= 15 is 0 Å². The maximum absolute atomic E-state index is 11.9. The summed E-state index contributed by atoms with van der Waals surface area (Å²) in [4.78, 5) is 11.9. The van der Waals surface area contributed by atoms with Gasteiger partial charge in [0.1, 0.15) is 6.61 Å². The Morgan fingerprint density at radius 2 is 2.24 bits per heavy atom. The highest BCUT2D eigenvalue weighted by atomic mass is 16.5. The van der Waals surface area contributed by atoms with E-state index in [0.29, 0.717) is 13.0 Å². The highest BCUT2D eigenvalue weighted by Crippen LogP contribution is 2.15. The Labute approximate surface area is 125 Å². The summed E-state index contributed by atoms with van der Waals surface area (Å²) in [6, 6.07) is 7.62.